The van der Waals surface area contributed by atoms with Crippen molar-refractivity contribution in [1.82, 2.24) is 0 Å². The van der Waals surface area contributed by atoms with Gasteiger partial charge >= 0.3 is 0 Å². The Kier molecular flexibility index (Phi) is 7.19. The minimum absolute atomic E-state index is 0.0121. The highest BCUT2D eigenvalue weighted by Gasteiger charge is 2.05. The average molecular weight is 388 g/mol. The Balaban J connectivity index is 1.96. The minimum Gasteiger partial charge on any atom is -0.504 e. The number of aromatic hydroxyl groups is 2. The number of phenols is 2. The first-order chi connectivity index (χ1) is 12.9. The number of methoxy groups -OCH3 is 2. The zero-order valence-electron chi connectivity index (χ0n) is 14.9. The third-order valence-electron chi connectivity index (χ3n) is 3.57. The van der Waals surface area contributed by atoms with E-state index in [0.717, 1.165) is 0 Å². The molecule has 0 aliphatic rings. The maximum Gasteiger partial charge on any atom is 0.168 e. The van der Waals surface area contributed by atoms with E-state index in [4.69, 9.17) is 9.47 Å². The van der Waals surface area contributed by atoms with Gasteiger partial charge < -0.3 is 19.7 Å². The number of ether oxygens (including phenoxy) is 2. The molecule has 0 heterocycles. The van der Waals surface area contributed by atoms with Crippen molar-refractivity contribution < 1.29 is 28.7 Å². The van der Waals surface area contributed by atoms with Gasteiger partial charge in [0.05, 0.1) is 30.8 Å². The van der Waals surface area contributed by atoms with Crippen LogP contribution >= 0.6 is 0 Å². The summed E-state index contributed by atoms with van der Waals surface area (Å²) < 4.78 is 22.1. The number of ketones is 1. The van der Waals surface area contributed by atoms with Gasteiger partial charge in [-0.15, -0.1) is 0 Å². The Labute approximate surface area is 159 Å². The second-order valence-corrected chi connectivity index (χ2v) is 6.81. The largest absolute Gasteiger partial charge is 0.504 e. The molecule has 6 nitrogen and oxygen atoms in total. The molecule has 1 atom stereocenters. The lowest BCUT2D eigenvalue weighted by atomic mass is 10.2. The molecular weight excluding hydrogens is 368 g/mol. The van der Waals surface area contributed by atoms with Crippen LogP contribution < -0.4 is 9.47 Å². The minimum atomic E-state index is -1.48. The Morgan fingerprint density at radius 3 is 2.00 bits per heavy atom. The molecule has 0 saturated carbocycles. The summed E-state index contributed by atoms with van der Waals surface area (Å²) in [6.07, 6.45) is 4.50. The van der Waals surface area contributed by atoms with Gasteiger partial charge in [-0.3, -0.25) is 9.00 Å². The van der Waals surface area contributed by atoms with Gasteiger partial charge in [0.15, 0.2) is 28.8 Å². The molecule has 0 radical (unpaired) electrons. The van der Waals surface area contributed by atoms with Crippen LogP contribution in [0.3, 0.4) is 0 Å². The van der Waals surface area contributed by atoms with Crippen LogP contribution in [0, 0.1) is 0 Å². The highest BCUT2D eigenvalue weighted by atomic mass is 32.2. The van der Waals surface area contributed by atoms with Gasteiger partial charge in [0.25, 0.3) is 0 Å². The first-order valence-corrected chi connectivity index (χ1v) is 9.31. The number of allylic oxidation sites excluding steroid dienone is 1. The smallest absolute Gasteiger partial charge is 0.168 e. The molecule has 2 aromatic rings. The number of carbonyl (C=O) groups excluding carboxylic acids is 1. The Morgan fingerprint density at radius 2 is 1.48 bits per heavy atom. The number of hydrogen-bond donors (Lipinski definition) is 2. The molecule has 0 fully saturated rings. The topological polar surface area (TPSA) is 93.1 Å². The van der Waals surface area contributed by atoms with Crippen LogP contribution in [0.15, 0.2) is 47.9 Å². The summed E-state index contributed by atoms with van der Waals surface area (Å²) in [5, 5.41) is 20.5. The third-order valence-corrected chi connectivity index (χ3v) is 4.57. The molecule has 0 aromatic heterocycles. The van der Waals surface area contributed by atoms with E-state index < -0.39 is 10.8 Å². The van der Waals surface area contributed by atoms with Crippen molar-refractivity contribution in [2.24, 2.45) is 0 Å². The van der Waals surface area contributed by atoms with Crippen LogP contribution in [0.1, 0.15) is 11.1 Å². The molecule has 2 aromatic carbocycles. The first kappa shape index (κ1) is 20.3. The van der Waals surface area contributed by atoms with Gasteiger partial charge in [-0.1, -0.05) is 18.2 Å². The fourth-order valence-electron chi connectivity index (χ4n) is 2.18. The fraction of sp³-hybridized carbons (Fsp3) is 0.150. The highest BCUT2D eigenvalue weighted by Crippen LogP contribution is 2.27. The zero-order valence-corrected chi connectivity index (χ0v) is 15.7. The summed E-state index contributed by atoms with van der Waals surface area (Å²) in [5.74, 6) is 0.192. The quantitative estimate of drug-likeness (QED) is 0.675. The van der Waals surface area contributed by atoms with Crippen LogP contribution in [-0.4, -0.2) is 40.2 Å². The van der Waals surface area contributed by atoms with Crippen molar-refractivity contribution in [2.45, 2.75) is 0 Å². The molecule has 7 heteroatoms. The summed E-state index contributed by atoms with van der Waals surface area (Å²) >= 11 is 0. The molecule has 0 saturated heterocycles. The average Bonchev–Trinajstić information content (AvgIpc) is 2.66. The van der Waals surface area contributed by atoms with Gasteiger partial charge in [0.1, 0.15) is 0 Å². The first-order valence-electron chi connectivity index (χ1n) is 7.93. The molecule has 0 amide bonds. The number of carbonyl (C=O) groups is 1. The maximum atomic E-state index is 12.0. The SMILES string of the molecule is COc1cc(/C=C/C(=O)CS(=O)/C=C/c2ccc(O)c(OC)c2)ccc1O. The van der Waals surface area contributed by atoms with Crippen molar-refractivity contribution in [1.29, 1.82) is 0 Å². The highest BCUT2D eigenvalue weighted by molar-refractivity contribution is 7.88. The van der Waals surface area contributed by atoms with Crippen LogP contribution in [-0.2, 0) is 15.6 Å². The summed E-state index contributed by atoms with van der Waals surface area (Å²) in [4.78, 5) is 12.0. The second kappa shape index (κ2) is 9.59. The number of hydrogen-bond acceptors (Lipinski definition) is 6. The predicted octanol–water partition coefficient (Wildman–Crippen LogP) is 3.12. The van der Waals surface area contributed by atoms with Gasteiger partial charge in [-0.25, -0.2) is 0 Å². The van der Waals surface area contributed by atoms with Crippen molar-refractivity contribution in [3.05, 3.63) is 59.0 Å². The van der Waals surface area contributed by atoms with Gasteiger partial charge in [0.2, 0.25) is 0 Å². The van der Waals surface area contributed by atoms with Crippen molar-refractivity contribution in [3.63, 3.8) is 0 Å². The lowest BCUT2D eigenvalue weighted by Gasteiger charge is -2.03. The molecule has 0 aliphatic carbocycles. The van der Waals surface area contributed by atoms with Crippen LogP contribution in [0.25, 0.3) is 12.2 Å². The summed E-state index contributed by atoms with van der Waals surface area (Å²) in [6.45, 7) is 0. The van der Waals surface area contributed by atoms with Gasteiger partial charge in [-0.05, 0) is 47.5 Å². The van der Waals surface area contributed by atoms with Crippen LogP contribution in [0.4, 0.5) is 0 Å². The molecule has 2 rings (SSSR count). The standard InChI is InChI=1S/C20H20O6S/c1-25-19-11-14(4-7-17(19)22)3-6-16(21)13-27(24)10-9-15-5-8-18(23)20(12-15)26-2/h3-12,22-23H,13H2,1-2H3/b6-3+,10-9+. The molecule has 0 spiro atoms. The van der Waals surface area contributed by atoms with E-state index in [0.29, 0.717) is 22.6 Å². The van der Waals surface area contributed by atoms with E-state index in [-0.39, 0.29) is 23.0 Å². The van der Waals surface area contributed by atoms with E-state index >= 15 is 0 Å². The monoisotopic (exact) mass is 388 g/mol. The van der Waals surface area contributed by atoms with Crippen LogP contribution in [0.2, 0.25) is 0 Å². The third kappa shape index (κ3) is 6.00. The Morgan fingerprint density at radius 1 is 0.963 bits per heavy atom. The summed E-state index contributed by atoms with van der Waals surface area (Å²) in [6, 6.07) is 9.41. The van der Waals surface area contributed by atoms with Crippen LogP contribution in [0.5, 0.6) is 23.0 Å². The summed E-state index contributed by atoms with van der Waals surface area (Å²) in [5.41, 5.74) is 1.37. The molecule has 0 bridgehead atoms. The number of rotatable bonds is 8. The van der Waals surface area contributed by atoms with Gasteiger partial charge in [-0.2, -0.15) is 0 Å². The molecule has 142 valence electrons. The lowest BCUT2D eigenvalue weighted by molar-refractivity contribution is -0.112. The number of benzene rings is 2. The van der Waals surface area contributed by atoms with Gasteiger partial charge in [0, 0.05) is 5.41 Å². The zero-order chi connectivity index (χ0) is 19.8. The summed E-state index contributed by atoms with van der Waals surface area (Å²) in [7, 11) is 1.40. The maximum absolute atomic E-state index is 12.0. The predicted molar refractivity (Wildman–Crippen MR) is 105 cm³/mol. The molecular formula is C20H20O6S. The van der Waals surface area contributed by atoms with Crippen molar-refractivity contribution in [3.8, 4) is 23.0 Å². The van der Waals surface area contributed by atoms with E-state index in [9.17, 15) is 19.2 Å². The Hall–Kier alpha value is -3.06. The molecule has 2 N–H and O–H groups in total. The molecule has 27 heavy (non-hydrogen) atoms. The lowest BCUT2D eigenvalue weighted by Crippen LogP contribution is -2.05. The van der Waals surface area contributed by atoms with E-state index in [1.807, 2.05) is 0 Å². The fourth-order valence-corrected chi connectivity index (χ4v) is 2.96. The van der Waals surface area contributed by atoms with Crippen molar-refractivity contribution in [2.75, 3.05) is 20.0 Å². The second-order valence-electron chi connectivity index (χ2n) is 5.49. The Bertz CT molecular complexity index is 828. The number of phenolic OH excluding ortho intramolecular Hbond substituents is 2. The molecule has 0 aliphatic heterocycles. The van der Waals surface area contributed by atoms with E-state index in [1.165, 1.54) is 37.8 Å². The molecule has 1 unspecified atom stereocenters. The van der Waals surface area contributed by atoms with Crippen molar-refractivity contribution >= 4 is 28.7 Å². The normalized spacial score (nSPS) is 12.4. The van der Waals surface area contributed by atoms with E-state index in [2.05, 4.69) is 0 Å². The van der Waals surface area contributed by atoms with E-state index in [1.54, 1.807) is 36.4 Å².